The van der Waals surface area contributed by atoms with Gasteiger partial charge < -0.3 is 4.74 Å². The van der Waals surface area contributed by atoms with Crippen LogP contribution in [0.5, 0.6) is 0 Å². The molecule has 0 atom stereocenters. The lowest BCUT2D eigenvalue weighted by Crippen LogP contribution is -1.94. The fraction of sp³-hybridized carbons (Fsp3) is 0.125. The third-order valence-corrected chi connectivity index (χ3v) is 3.88. The first-order valence-electron chi connectivity index (χ1n) is 6.54. The molecule has 0 saturated heterocycles. The molecule has 2 aromatic carbocycles. The van der Waals surface area contributed by atoms with Crippen LogP contribution in [-0.2, 0) is 18.0 Å². The average Bonchev–Trinajstić information content (AvgIpc) is 2.94. The first-order valence-corrected chi connectivity index (χ1v) is 6.92. The zero-order valence-electron chi connectivity index (χ0n) is 10.9. The highest BCUT2D eigenvalue weighted by Gasteiger charge is 2.15. The van der Waals surface area contributed by atoms with E-state index in [2.05, 4.69) is 9.97 Å². The Labute approximate surface area is 125 Å². The minimum absolute atomic E-state index is 0.129. The van der Waals surface area contributed by atoms with Crippen LogP contribution in [0.3, 0.4) is 0 Å². The Morgan fingerprint density at radius 3 is 2.81 bits per heavy atom. The summed E-state index contributed by atoms with van der Waals surface area (Å²) in [4.78, 5) is 8.65. The van der Waals surface area contributed by atoms with Gasteiger partial charge in [-0.05, 0) is 29.3 Å². The van der Waals surface area contributed by atoms with Crippen molar-refractivity contribution in [1.82, 2.24) is 9.97 Å². The Hall–Kier alpha value is -2.04. The second-order valence-electron chi connectivity index (χ2n) is 4.95. The number of hydrogen-bond donors (Lipinski definition) is 0. The molecule has 1 aromatic heterocycles. The first-order chi connectivity index (χ1) is 10.2. The van der Waals surface area contributed by atoms with E-state index >= 15 is 0 Å². The van der Waals surface area contributed by atoms with Gasteiger partial charge in [-0.15, -0.1) is 0 Å². The number of halogens is 2. The third kappa shape index (κ3) is 2.07. The molecule has 0 unspecified atom stereocenters. The zero-order chi connectivity index (χ0) is 14.4. The van der Waals surface area contributed by atoms with Crippen molar-refractivity contribution >= 4 is 22.5 Å². The van der Waals surface area contributed by atoms with Crippen LogP contribution in [-0.4, -0.2) is 9.97 Å². The second-order valence-corrected chi connectivity index (χ2v) is 5.31. The van der Waals surface area contributed by atoms with Crippen LogP contribution in [0.1, 0.15) is 11.1 Å². The van der Waals surface area contributed by atoms with Crippen LogP contribution < -0.4 is 0 Å². The molecule has 2 heterocycles. The Kier molecular flexibility index (Phi) is 2.87. The van der Waals surface area contributed by atoms with E-state index in [9.17, 15) is 4.39 Å². The molecule has 0 amide bonds. The summed E-state index contributed by atoms with van der Waals surface area (Å²) in [7, 11) is 0. The predicted octanol–water partition coefficient (Wildman–Crippen LogP) is 4.12. The molecule has 1 aliphatic heterocycles. The molecule has 21 heavy (non-hydrogen) atoms. The van der Waals surface area contributed by atoms with Gasteiger partial charge in [-0.3, -0.25) is 0 Å². The molecule has 4 rings (SSSR count). The van der Waals surface area contributed by atoms with Crippen molar-refractivity contribution in [1.29, 1.82) is 0 Å². The van der Waals surface area contributed by atoms with Gasteiger partial charge in [0.15, 0.2) is 5.82 Å². The van der Waals surface area contributed by atoms with Crippen molar-refractivity contribution in [2.75, 3.05) is 0 Å². The van der Waals surface area contributed by atoms with E-state index in [1.165, 1.54) is 11.6 Å². The molecule has 0 saturated carbocycles. The van der Waals surface area contributed by atoms with Crippen LogP contribution in [0.25, 0.3) is 22.3 Å². The summed E-state index contributed by atoms with van der Waals surface area (Å²) in [5.74, 6) is 0.0826. The minimum Gasteiger partial charge on any atom is -0.372 e. The van der Waals surface area contributed by atoms with Gasteiger partial charge in [0.25, 0.3) is 0 Å². The Balaban J connectivity index is 1.91. The second kappa shape index (κ2) is 4.76. The number of hydrogen-bond acceptors (Lipinski definition) is 3. The van der Waals surface area contributed by atoms with Gasteiger partial charge in [0.2, 0.25) is 0 Å². The van der Waals surface area contributed by atoms with Crippen LogP contribution >= 0.6 is 11.6 Å². The standard InChI is InChI=1S/C16H10ClFN2O/c17-15-14-12(18)2-1-3-13(14)19-16(20-15)9-4-5-10-7-21-8-11(10)6-9/h1-6H,7-8H2. The summed E-state index contributed by atoms with van der Waals surface area (Å²) in [6, 6.07) is 10.6. The monoisotopic (exact) mass is 300 g/mol. The van der Waals surface area contributed by atoms with Gasteiger partial charge in [0.1, 0.15) is 11.0 Å². The Morgan fingerprint density at radius 1 is 1.05 bits per heavy atom. The van der Waals surface area contributed by atoms with Crippen LogP contribution in [0.2, 0.25) is 5.15 Å². The maximum atomic E-state index is 13.8. The lowest BCUT2D eigenvalue weighted by molar-refractivity contribution is 0.134. The van der Waals surface area contributed by atoms with Crippen molar-refractivity contribution < 1.29 is 9.13 Å². The number of ether oxygens (including phenoxy) is 1. The van der Waals surface area contributed by atoms with E-state index in [4.69, 9.17) is 16.3 Å². The van der Waals surface area contributed by atoms with E-state index in [-0.39, 0.29) is 10.5 Å². The summed E-state index contributed by atoms with van der Waals surface area (Å²) in [6.45, 7) is 1.24. The molecule has 0 radical (unpaired) electrons. The zero-order valence-corrected chi connectivity index (χ0v) is 11.7. The van der Waals surface area contributed by atoms with Gasteiger partial charge in [0, 0.05) is 5.56 Å². The number of aromatic nitrogens is 2. The highest BCUT2D eigenvalue weighted by molar-refractivity contribution is 6.34. The van der Waals surface area contributed by atoms with Crippen molar-refractivity contribution in [3.8, 4) is 11.4 Å². The van der Waals surface area contributed by atoms with Crippen LogP contribution in [0.15, 0.2) is 36.4 Å². The SMILES string of the molecule is Fc1cccc2nc(-c3ccc4c(c3)COC4)nc(Cl)c12. The molecule has 0 N–H and O–H groups in total. The summed E-state index contributed by atoms with van der Waals surface area (Å²) in [5, 5.41) is 0.386. The van der Waals surface area contributed by atoms with Crippen LogP contribution in [0, 0.1) is 5.82 Å². The summed E-state index contributed by atoms with van der Waals surface area (Å²) >= 11 is 6.12. The highest BCUT2D eigenvalue weighted by Crippen LogP contribution is 2.29. The van der Waals surface area contributed by atoms with Gasteiger partial charge in [-0.25, -0.2) is 14.4 Å². The topological polar surface area (TPSA) is 35.0 Å². The fourth-order valence-corrected chi connectivity index (χ4v) is 2.81. The van der Waals surface area contributed by atoms with E-state index in [0.717, 1.165) is 11.1 Å². The molecular formula is C16H10ClFN2O. The van der Waals surface area contributed by atoms with Crippen molar-refractivity contribution in [2.45, 2.75) is 13.2 Å². The van der Waals surface area contributed by atoms with E-state index in [1.807, 2.05) is 18.2 Å². The number of fused-ring (bicyclic) bond motifs is 2. The molecule has 0 fully saturated rings. The van der Waals surface area contributed by atoms with Gasteiger partial charge >= 0.3 is 0 Å². The summed E-state index contributed by atoms with van der Waals surface area (Å²) in [5.41, 5.74) is 3.66. The Morgan fingerprint density at radius 2 is 1.90 bits per heavy atom. The van der Waals surface area contributed by atoms with E-state index in [1.54, 1.807) is 12.1 Å². The maximum Gasteiger partial charge on any atom is 0.161 e. The molecule has 3 aromatic rings. The largest absolute Gasteiger partial charge is 0.372 e. The maximum absolute atomic E-state index is 13.8. The lowest BCUT2D eigenvalue weighted by Gasteiger charge is -2.06. The van der Waals surface area contributed by atoms with Crippen LogP contribution in [0.4, 0.5) is 4.39 Å². The fourth-order valence-electron chi connectivity index (χ4n) is 2.54. The molecule has 1 aliphatic rings. The quantitative estimate of drug-likeness (QED) is 0.634. The predicted molar refractivity (Wildman–Crippen MR) is 78.4 cm³/mol. The summed E-state index contributed by atoms with van der Waals surface area (Å²) in [6.07, 6.45) is 0. The van der Waals surface area contributed by atoms with Gasteiger partial charge in [0.05, 0.1) is 24.1 Å². The smallest absolute Gasteiger partial charge is 0.161 e. The van der Waals surface area contributed by atoms with Gasteiger partial charge in [-0.2, -0.15) is 0 Å². The molecule has 104 valence electrons. The molecule has 0 spiro atoms. The average molecular weight is 301 g/mol. The van der Waals surface area contributed by atoms with Gasteiger partial charge in [-0.1, -0.05) is 29.8 Å². The number of benzene rings is 2. The van der Waals surface area contributed by atoms with Crippen molar-refractivity contribution in [2.24, 2.45) is 0 Å². The van der Waals surface area contributed by atoms with Crippen molar-refractivity contribution in [3.05, 3.63) is 58.5 Å². The highest BCUT2D eigenvalue weighted by atomic mass is 35.5. The van der Waals surface area contributed by atoms with E-state index < -0.39 is 5.82 Å². The molecular weight excluding hydrogens is 291 g/mol. The lowest BCUT2D eigenvalue weighted by atomic mass is 10.1. The van der Waals surface area contributed by atoms with Crippen molar-refractivity contribution in [3.63, 3.8) is 0 Å². The third-order valence-electron chi connectivity index (χ3n) is 3.61. The number of nitrogens with zero attached hydrogens (tertiary/aromatic N) is 2. The normalized spacial score (nSPS) is 13.6. The molecule has 3 nitrogen and oxygen atoms in total. The molecule has 0 bridgehead atoms. The Bertz CT molecular complexity index is 866. The molecule has 5 heteroatoms. The first kappa shape index (κ1) is 12.7. The molecule has 0 aliphatic carbocycles. The minimum atomic E-state index is -0.411. The summed E-state index contributed by atoms with van der Waals surface area (Å²) < 4.78 is 19.2. The number of rotatable bonds is 1. The van der Waals surface area contributed by atoms with E-state index in [0.29, 0.717) is 24.6 Å².